The maximum Gasteiger partial charge on any atom is 0.157 e. The van der Waals surface area contributed by atoms with E-state index in [2.05, 4.69) is 39.0 Å². The van der Waals surface area contributed by atoms with E-state index in [1.165, 1.54) is 22.9 Å². The van der Waals surface area contributed by atoms with Crippen molar-refractivity contribution >= 4 is 14.0 Å². The highest BCUT2D eigenvalue weighted by Gasteiger charge is 2.14. The first-order valence-electron chi connectivity index (χ1n) is 7.44. The Balaban J connectivity index is 0.000000200. The van der Waals surface area contributed by atoms with E-state index < -0.39 is 0 Å². The second-order valence-corrected chi connectivity index (χ2v) is 5.98. The summed E-state index contributed by atoms with van der Waals surface area (Å²) in [5, 5.41) is 1.24. The Kier molecular flexibility index (Phi) is 9.04. The first-order chi connectivity index (χ1) is 9.67. The lowest BCUT2D eigenvalue weighted by Gasteiger charge is -2.09. The molecule has 114 valence electrons. The summed E-state index contributed by atoms with van der Waals surface area (Å²) in [5.41, 5.74) is 8.16. The van der Waals surface area contributed by atoms with Crippen molar-refractivity contribution in [3.05, 3.63) is 29.3 Å². The van der Waals surface area contributed by atoms with E-state index in [9.17, 15) is 0 Å². The van der Waals surface area contributed by atoms with Gasteiger partial charge in [0, 0.05) is 19.6 Å². The summed E-state index contributed by atoms with van der Waals surface area (Å²) in [6.07, 6.45) is 4.72. The van der Waals surface area contributed by atoms with Crippen molar-refractivity contribution < 1.29 is 9.47 Å². The molecule has 0 bridgehead atoms. The number of hydrogen-bond acceptors (Lipinski definition) is 3. The normalized spacial score (nSPS) is 18.3. The van der Waals surface area contributed by atoms with Crippen LogP contribution in [-0.2, 0) is 9.47 Å². The average Bonchev–Trinajstić information content (AvgIpc) is 2.96. The van der Waals surface area contributed by atoms with Gasteiger partial charge in [0.25, 0.3) is 0 Å². The van der Waals surface area contributed by atoms with Crippen LogP contribution < -0.4 is 10.8 Å². The molecule has 20 heavy (non-hydrogen) atoms. The number of rotatable bonds is 5. The van der Waals surface area contributed by atoms with Gasteiger partial charge < -0.3 is 15.0 Å². The minimum Gasteiger partial charge on any atom is -0.353 e. The molecule has 1 aliphatic heterocycles. The van der Waals surface area contributed by atoms with Crippen LogP contribution in [0.15, 0.2) is 18.2 Å². The summed E-state index contributed by atoms with van der Waals surface area (Å²) < 4.78 is 10.7. The number of hydrogen-bond donors (Lipinski definition) is 1. The van der Waals surface area contributed by atoms with Crippen LogP contribution in [0.3, 0.4) is 0 Å². The van der Waals surface area contributed by atoms with E-state index in [4.69, 9.17) is 15.0 Å². The predicted molar refractivity (Wildman–Crippen MR) is 87.9 cm³/mol. The lowest BCUT2D eigenvalue weighted by molar-refractivity contribution is -0.111. The summed E-state index contributed by atoms with van der Waals surface area (Å²) in [7, 11) is 0.423. The molecule has 1 fully saturated rings. The molecule has 0 aliphatic carbocycles. The molecule has 0 amide bonds. The fraction of sp³-hybridized carbons (Fsp3) is 0.625. The molecule has 1 heterocycles. The quantitative estimate of drug-likeness (QED) is 0.669. The van der Waals surface area contributed by atoms with Crippen LogP contribution in [0.2, 0.25) is 0 Å². The Hall–Kier alpha value is -0.470. The third-order valence-electron chi connectivity index (χ3n) is 3.36. The zero-order valence-electron chi connectivity index (χ0n) is 12.9. The topological polar surface area (TPSA) is 44.5 Å². The van der Waals surface area contributed by atoms with E-state index in [0.717, 1.165) is 32.5 Å². The average molecular weight is 297 g/mol. The number of benzene rings is 1. The van der Waals surface area contributed by atoms with E-state index in [1.807, 2.05) is 0 Å². The van der Waals surface area contributed by atoms with Gasteiger partial charge in [0.2, 0.25) is 0 Å². The van der Waals surface area contributed by atoms with Crippen LogP contribution >= 0.6 is 8.73 Å². The monoisotopic (exact) mass is 297 g/mol. The van der Waals surface area contributed by atoms with Crippen LogP contribution in [0.5, 0.6) is 0 Å². The molecule has 2 N–H and O–H groups in total. The highest BCUT2D eigenvalue weighted by molar-refractivity contribution is 7.44. The smallest absolute Gasteiger partial charge is 0.157 e. The van der Waals surface area contributed by atoms with E-state index in [0.29, 0.717) is 8.73 Å². The summed E-state index contributed by atoms with van der Waals surface area (Å²) in [6.45, 7) is 8.13. The van der Waals surface area contributed by atoms with Crippen molar-refractivity contribution in [1.29, 1.82) is 0 Å². The van der Waals surface area contributed by atoms with E-state index >= 15 is 0 Å². The Morgan fingerprint density at radius 1 is 1.35 bits per heavy atom. The van der Waals surface area contributed by atoms with Gasteiger partial charge in [0.15, 0.2) is 6.29 Å². The lowest BCUT2D eigenvalue weighted by Crippen LogP contribution is -2.10. The zero-order valence-corrected chi connectivity index (χ0v) is 13.9. The largest absolute Gasteiger partial charge is 0.353 e. The first kappa shape index (κ1) is 17.6. The van der Waals surface area contributed by atoms with Crippen LogP contribution in [0, 0.1) is 13.8 Å². The van der Waals surface area contributed by atoms with E-state index in [-0.39, 0.29) is 6.29 Å². The molecule has 1 aliphatic rings. The third-order valence-corrected chi connectivity index (χ3v) is 4.01. The van der Waals surface area contributed by atoms with Crippen molar-refractivity contribution in [3.8, 4) is 0 Å². The van der Waals surface area contributed by atoms with Crippen molar-refractivity contribution in [1.82, 2.24) is 0 Å². The van der Waals surface area contributed by atoms with Crippen LogP contribution in [0.25, 0.3) is 0 Å². The second kappa shape index (κ2) is 10.3. The molecule has 3 nitrogen and oxygen atoms in total. The molecule has 1 aromatic rings. The fourth-order valence-electron chi connectivity index (χ4n) is 1.87. The van der Waals surface area contributed by atoms with Gasteiger partial charge in [-0.1, -0.05) is 31.5 Å². The minimum atomic E-state index is 0.117. The standard InChI is InChI=1S/C8H12NP.C8H16O2/c1-6-3-4-8(10-9)5-7(6)2;1-2-3-6-9-8-5-4-7-10-8/h3-5,10H,9H2,1-2H3;8H,2-7H2,1H3. The number of unbranched alkanes of at least 4 members (excludes halogenated alkanes) is 1. The molecule has 1 saturated heterocycles. The van der Waals surface area contributed by atoms with Crippen molar-refractivity contribution in [2.45, 2.75) is 52.7 Å². The molecule has 0 saturated carbocycles. The Bertz CT molecular complexity index is 379. The van der Waals surface area contributed by atoms with Crippen molar-refractivity contribution in [2.24, 2.45) is 5.50 Å². The summed E-state index contributed by atoms with van der Waals surface area (Å²) in [4.78, 5) is 0. The molecule has 4 heteroatoms. The molecule has 1 aromatic carbocycles. The number of ether oxygens (including phenoxy) is 2. The molecular weight excluding hydrogens is 269 g/mol. The van der Waals surface area contributed by atoms with Gasteiger partial charge in [-0.3, -0.25) is 0 Å². The highest BCUT2D eigenvalue weighted by atomic mass is 31.1. The van der Waals surface area contributed by atoms with Gasteiger partial charge in [-0.2, -0.15) is 0 Å². The number of nitrogens with two attached hydrogens (primary N) is 1. The molecule has 2 rings (SSSR count). The Morgan fingerprint density at radius 2 is 2.15 bits per heavy atom. The SMILES string of the molecule is CCCCOC1CCCO1.Cc1ccc(PN)cc1C. The second-order valence-electron chi connectivity index (χ2n) is 5.11. The molecular formula is C16H28NO2P. The van der Waals surface area contributed by atoms with Crippen LogP contribution in [0.1, 0.15) is 43.7 Å². The maximum absolute atomic E-state index is 5.50. The first-order valence-corrected chi connectivity index (χ1v) is 8.52. The van der Waals surface area contributed by atoms with Crippen LogP contribution in [0.4, 0.5) is 0 Å². The maximum atomic E-state index is 5.50. The van der Waals surface area contributed by atoms with Crippen LogP contribution in [-0.4, -0.2) is 19.5 Å². The molecule has 2 unspecified atom stereocenters. The van der Waals surface area contributed by atoms with Gasteiger partial charge >= 0.3 is 0 Å². The molecule has 0 radical (unpaired) electrons. The van der Waals surface area contributed by atoms with Crippen molar-refractivity contribution in [3.63, 3.8) is 0 Å². The van der Waals surface area contributed by atoms with Gasteiger partial charge in [-0.15, -0.1) is 0 Å². The molecule has 2 atom stereocenters. The summed E-state index contributed by atoms with van der Waals surface area (Å²) >= 11 is 0. The molecule has 0 aromatic heterocycles. The lowest BCUT2D eigenvalue weighted by atomic mass is 10.1. The Morgan fingerprint density at radius 3 is 2.70 bits per heavy atom. The summed E-state index contributed by atoms with van der Waals surface area (Å²) in [6, 6.07) is 6.35. The minimum absolute atomic E-state index is 0.117. The van der Waals surface area contributed by atoms with Gasteiger partial charge in [-0.05, 0) is 51.9 Å². The third kappa shape index (κ3) is 6.81. The zero-order chi connectivity index (χ0) is 14.8. The Labute approximate surface area is 125 Å². The highest BCUT2D eigenvalue weighted by Crippen LogP contribution is 2.13. The van der Waals surface area contributed by atoms with Crippen molar-refractivity contribution in [2.75, 3.05) is 13.2 Å². The predicted octanol–water partition coefficient (Wildman–Crippen LogP) is 3.42. The van der Waals surface area contributed by atoms with Gasteiger partial charge in [0.05, 0.1) is 0 Å². The van der Waals surface area contributed by atoms with Gasteiger partial charge in [-0.25, -0.2) is 0 Å². The number of aryl methyl sites for hydroxylation is 2. The fourth-order valence-corrected chi connectivity index (χ4v) is 2.35. The van der Waals surface area contributed by atoms with Gasteiger partial charge in [0.1, 0.15) is 0 Å². The van der Waals surface area contributed by atoms with E-state index in [1.54, 1.807) is 0 Å². The summed E-state index contributed by atoms with van der Waals surface area (Å²) in [5.74, 6) is 0. The molecule has 0 spiro atoms.